The van der Waals surface area contributed by atoms with Gasteiger partial charge in [-0.1, -0.05) is 42.1 Å². The third kappa shape index (κ3) is 3.86. The Balaban J connectivity index is 1.50. The quantitative estimate of drug-likeness (QED) is 0.451. The molecule has 6 nitrogen and oxygen atoms in total. The van der Waals surface area contributed by atoms with Crippen molar-refractivity contribution in [1.29, 1.82) is 0 Å². The molecule has 0 aliphatic carbocycles. The number of benzene rings is 2. The van der Waals surface area contributed by atoms with Crippen molar-refractivity contribution < 1.29 is 4.74 Å². The summed E-state index contributed by atoms with van der Waals surface area (Å²) in [4.78, 5) is 4.74. The fraction of sp³-hybridized carbons (Fsp3) is 0.158. The minimum Gasteiger partial charge on any atom is -0.497 e. The van der Waals surface area contributed by atoms with E-state index < -0.39 is 0 Å². The van der Waals surface area contributed by atoms with E-state index in [2.05, 4.69) is 20.9 Å². The van der Waals surface area contributed by atoms with E-state index in [0.717, 1.165) is 38.4 Å². The fourth-order valence-electron chi connectivity index (χ4n) is 2.62. The fourth-order valence-corrected chi connectivity index (χ4v) is 4.32. The summed E-state index contributed by atoms with van der Waals surface area (Å²) in [7, 11) is 1.67. The molecule has 0 atom stereocenters. The zero-order valence-electron chi connectivity index (χ0n) is 14.9. The van der Waals surface area contributed by atoms with Crippen LogP contribution in [0.1, 0.15) is 11.3 Å². The van der Waals surface area contributed by atoms with Crippen LogP contribution in [0.2, 0.25) is 0 Å². The number of nitrogens with zero attached hydrogens (tertiary/aromatic N) is 5. The first-order valence-electron chi connectivity index (χ1n) is 8.30. The van der Waals surface area contributed by atoms with Crippen LogP contribution >= 0.6 is 23.1 Å². The molecule has 2 heterocycles. The molecule has 8 heteroatoms. The van der Waals surface area contributed by atoms with Gasteiger partial charge in [-0.05, 0) is 41.1 Å². The highest BCUT2D eigenvalue weighted by atomic mass is 32.2. The molecule has 0 radical (unpaired) electrons. The summed E-state index contributed by atoms with van der Waals surface area (Å²) in [5, 5.41) is 15.9. The lowest BCUT2D eigenvalue weighted by molar-refractivity contribution is 0.415. The summed E-state index contributed by atoms with van der Waals surface area (Å²) < 4.78 is 7.07. The van der Waals surface area contributed by atoms with Crippen molar-refractivity contribution in [2.24, 2.45) is 0 Å². The predicted octanol–water partition coefficient (Wildman–Crippen LogP) is 4.40. The van der Waals surface area contributed by atoms with Gasteiger partial charge in [0.1, 0.15) is 10.8 Å². The van der Waals surface area contributed by atoms with Gasteiger partial charge in [0, 0.05) is 16.7 Å². The molecule has 2 aromatic carbocycles. The monoisotopic (exact) mass is 395 g/mol. The van der Waals surface area contributed by atoms with Crippen LogP contribution in [-0.2, 0) is 5.75 Å². The summed E-state index contributed by atoms with van der Waals surface area (Å²) in [6.45, 7) is 2.05. The molecule has 0 unspecified atom stereocenters. The van der Waals surface area contributed by atoms with Crippen LogP contribution in [0.3, 0.4) is 0 Å². The zero-order valence-corrected chi connectivity index (χ0v) is 16.5. The molecule has 0 saturated carbocycles. The molecule has 0 spiro atoms. The van der Waals surface area contributed by atoms with E-state index in [1.165, 1.54) is 0 Å². The number of hydrogen-bond acceptors (Lipinski definition) is 7. The lowest BCUT2D eigenvalue weighted by Gasteiger charge is -2.06. The maximum atomic E-state index is 5.29. The first-order chi connectivity index (χ1) is 13.2. The summed E-state index contributed by atoms with van der Waals surface area (Å²) in [5.41, 5.74) is 4.17. The number of ether oxygens (including phenoxy) is 1. The summed E-state index contributed by atoms with van der Waals surface area (Å²) in [6, 6.07) is 16.0. The van der Waals surface area contributed by atoms with E-state index in [1.54, 1.807) is 34.9 Å². The molecule has 0 aliphatic heterocycles. The van der Waals surface area contributed by atoms with Gasteiger partial charge in [-0.15, -0.1) is 16.4 Å². The molecular formula is C19H17N5OS2. The standard InChI is InChI=1S/C19H17N5OS2/c1-13-6-3-4-9-17(13)24-19(21-22-23-24)27-12-15-11-26-18(20-15)14-7-5-8-16(10-14)25-2/h3-11H,12H2,1-2H3. The average molecular weight is 396 g/mol. The van der Waals surface area contributed by atoms with Gasteiger partial charge in [-0.25, -0.2) is 4.98 Å². The highest BCUT2D eigenvalue weighted by Gasteiger charge is 2.12. The van der Waals surface area contributed by atoms with Crippen molar-refractivity contribution in [3.05, 3.63) is 65.2 Å². The number of rotatable bonds is 6. The smallest absolute Gasteiger partial charge is 0.214 e. The predicted molar refractivity (Wildman–Crippen MR) is 108 cm³/mol. The minimum absolute atomic E-state index is 0.701. The van der Waals surface area contributed by atoms with Crippen molar-refractivity contribution in [1.82, 2.24) is 25.2 Å². The Morgan fingerprint density at radius 1 is 1.15 bits per heavy atom. The molecule has 0 saturated heterocycles. The lowest BCUT2D eigenvalue weighted by Crippen LogP contribution is -2.01. The van der Waals surface area contributed by atoms with Crippen molar-refractivity contribution in [3.63, 3.8) is 0 Å². The third-order valence-corrected chi connectivity index (χ3v) is 5.90. The molecule has 0 amide bonds. The van der Waals surface area contributed by atoms with Crippen LogP contribution in [0, 0.1) is 6.92 Å². The molecular weight excluding hydrogens is 378 g/mol. The Morgan fingerprint density at radius 3 is 2.89 bits per heavy atom. The largest absolute Gasteiger partial charge is 0.497 e. The zero-order chi connectivity index (χ0) is 18.6. The van der Waals surface area contributed by atoms with Gasteiger partial charge in [0.2, 0.25) is 5.16 Å². The van der Waals surface area contributed by atoms with E-state index in [4.69, 9.17) is 9.72 Å². The van der Waals surface area contributed by atoms with Crippen molar-refractivity contribution in [3.8, 4) is 22.0 Å². The Labute approximate surface area is 165 Å². The van der Waals surface area contributed by atoms with Crippen LogP contribution in [0.5, 0.6) is 5.75 Å². The number of methoxy groups -OCH3 is 1. The van der Waals surface area contributed by atoms with Gasteiger partial charge in [0.05, 0.1) is 18.5 Å². The molecule has 0 N–H and O–H groups in total. The second-order valence-corrected chi connectivity index (χ2v) is 7.62. The van der Waals surface area contributed by atoms with Gasteiger partial charge in [0.15, 0.2) is 0 Å². The maximum Gasteiger partial charge on any atom is 0.214 e. The topological polar surface area (TPSA) is 65.7 Å². The van der Waals surface area contributed by atoms with E-state index in [0.29, 0.717) is 5.75 Å². The second-order valence-electron chi connectivity index (χ2n) is 5.82. The van der Waals surface area contributed by atoms with E-state index in [9.17, 15) is 0 Å². The summed E-state index contributed by atoms with van der Waals surface area (Å²) >= 11 is 3.20. The summed E-state index contributed by atoms with van der Waals surface area (Å²) in [5.74, 6) is 1.53. The van der Waals surface area contributed by atoms with Gasteiger partial charge < -0.3 is 4.74 Å². The number of hydrogen-bond donors (Lipinski definition) is 0. The van der Waals surface area contributed by atoms with Crippen molar-refractivity contribution in [2.75, 3.05) is 7.11 Å². The number of aryl methyl sites for hydroxylation is 1. The Bertz CT molecular complexity index is 1060. The molecule has 27 heavy (non-hydrogen) atoms. The molecule has 4 rings (SSSR count). The minimum atomic E-state index is 0.701. The van der Waals surface area contributed by atoms with Gasteiger partial charge in [-0.3, -0.25) is 0 Å². The van der Waals surface area contributed by atoms with E-state index >= 15 is 0 Å². The summed E-state index contributed by atoms with van der Waals surface area (Å²) in [6.07, 6.45) is 0. The normalized spacial score (nSPS) is 10.9. The number of para-hydroxylation sites is 1. The number of thioether (sulfide) groups is 1. The SMILES string of the molecule is COc1cccc(-c2nc(CSc3nnnn3-c3ccccc3C)cs2)c1. The Kier molecular flexibility index (Phi) is 5.17. The first kappa shape index (κ1) is 17.7. The van der Waals surface area contributed by atoms with E-state index in [-0.39, 0.29) is 0 Å². The molecule has 0 aliphatic rings. The molecule has 2 aromatic heterocycles. The van der Waals surface area contributed by atoms with Crippen molar-refractivity contribution in [2.45, 2.75) is 17.8 Å². The van der Waals surface area contributed by atoms with Gasteiger partial charge in [0.25, 0.3) is 0 Å². The highest BCUT2D eigenvalue weighted by molar-refractivity contribution is 7.98. The first-order valence-corrected chi connectivity index (χ1v) is 10.2. The van der Waals surface area contributed by atoms with Crippen molar-refractivity contribution >= 4 is 23.1 Å². The highest BCUT2D eigenvalue weighted by Crippen LogP contribution is 2.29. The Morgan fingerprint density at radius 2 is 2.04 bits per heavy atom. The van der Waals surface area contributed by atoms with Crippen LogP contribution in [0.4, 0.5) is 0 Å². The van der Waals surface area contributed by atoms with Gasteiger partial charge >= 0.3 is 0 Å². The third-order valence-electron chi connectivity index (χ3n) is 4.00. The molecule has 4 aromatic rings. The second kappa shape index (κ2) is 7.89. The molecule has 0 bridgehead atoms. The average Bonchev–Trinajstić information content (AvgIpc) is 3.36. The van der Waals surface area contributed by atoms with Crippen LogP contribution in [0.15, 0.2) is 59.1 Å². The van der Waals surface area contributed by atoms with E-state index in [1.807, 2.05) is 55.5 Å². The Hall–Kier alpha value is -2.71. The number of thiazole rings is 1. The number of tetrazole rings is 1. The van der Waals surface area contributed by atoms with Crippen LogP contribution in [0.25, 0.3) is 16.3 Å². The molecule has 136 valence electrons. The van der Waals surface area contributed by atoms with Crippen LogP contribution in [-0.4, -0.2) is 32.3 Å². The maximum absolute atomic E-state index is 5.29. The lowest BCUT2D eigenvalue weighted by atomic mass is 10.2. The van der Waals surface area contributed by atoms with Crippen LogP contribution < -0.4 is 4.74 Å². The number of aromatic nitrogens is 5. The molecule has 0 fully saturated rings. The van der Waals surface area contributed by atoms with Gasteiger partial charge in [-0.2, -0.15) is 4.68 Å².